The first-order valence-corrected chi connectivity index (χ1v) is 7.99. The van der Waals surface area contributed by atoms with Crippen LogP contribution in [-0.4, -0.2) is 19.4 Å². The summed E-state index contributed by atoms with van der Waals surface area (Å²) in [5.41, 5.74) is 2.01. The van der Waals surface area contributed by atoms with Crippen molar-refractivity contribution in [2.45, 2.75) is 53.4 Å². The summed E-state index contributed by atoms with van der Waals surface area (Å²) in [6.45, 7) is 9.06. The first-order chi connectivity index (χ1) is 10.4. The third-order valence-electron chi connectivity index (χ3n) is 3.78. The van der Waals surface area contributed by atoms with Crippen LogP contribution in [-0.2, 0) is 4.79 Å². The minimum atomic E-state index is -0.000161. The van der Waals surface area contributed by atoms with E-state index in [0.29, 0.717) is 6.54 Å². The zero-order valence-electron chi connectivity index (χ0n) is 14.7. The Morgan fingerprint density at radius 3 is 2.59 bits per heavy atom. The minimum absolute atomic E-state index is 0.000161. The summed E-state index contributed by atoms with van der Waals surface area (Å²) in [6, 6.07) is 2.01. The Labute approximate surface area is 135 Å². The number of hydrogen-bond donors (Lipinski definition) is 1. The standard InChI is InChI=1S/C19H30N2O/c1-6-11-19(4,12-7-2)14-17(15-21-5)16(3)18(22)10-8-9-13-20/h6,8,10-11,21H,7,9,12,14-15H2,1-5H3/b10-8-,11-6-,17-16-. The number of nitriles is 1. The highest BCUT2D eigenvalue weighted by atomic mass is 16.1. The predicted molar refractivity (Wildman–Crippen MR) is 93.4 cm³/mol. The number of carbonyl (C=O) groups is 1. The van der Waals surface area contributed by atoms with Crippen molar-refractivity contribution in [3.05, 3.63) is 35.5 Å². The molecule has 0 aromatic rings. The molecule has 0 aliphatic rings. The van der Waals surface area contributed by atoms with E-state index < -0.39 is 0 Å². The predicted octanol–water partition coefficient (Wildman–Crippen LogP) is 4.33. The number of allylic oxidation sites excluding steroid dienone is 5. The third-order valence-corrected chi connectivity index (χ3v) is 3.78. The largest absolute Gasteiger partial charge is 0.316 e. The Morgan fingerprint density at radius 1 is 1.41 bits per heavy atom. The van der Waals surface area contributed by atoms with E-state index in [1.165, 1.54) is 6.08 Å². The quantitative estimate of drug-likeness (QED) is 0.482. The van der Waals surface area contributed by atoms with Crippen molar-refractivity contribution in [3.8, 4) is 6.07 Å². The summed E-state index contributed by atoms with van der Waals surface area (Å²) in [5.74, 6) is -0.000161. The fourth-order valence-corrected chi connectivity index (χ4v) is 2.75. The van der Waals surface area contributed by atoms with Gasteiger partial charge in [0.15, 0.2) is 5.78 Å². The Kier molecular flexibility index (Phi) is 10.2. The van der Waals surface area contributed by atoms with E-state index in [4.69, 9.17) is 5.26 Å². The maximum Gasteiger partial charge on any atom is 0.181 e. The second-order valence-electron chi connectivity index (χ2n) is 5.97. The fourth-order valence-electron chi connectivity index (χ4n) is 2.75. The van der Waals surface area contributed by atoms with Gasteiger partial charge in [-0.1, -0.05) is 38.5 Å². The molecule has 1 N–H and O–H groups in total. The van der Waals surface area contributed by atoms with Gasteiger partial charge in [0.2, 0.25) is 0 Å². The number of likely N-dealkylation sites (N-methyl/N-ethyl adjacent to an activating group) is 1. The molecule has 0 aromatic heterocycles. The lowest BCUT2D eigenvalue weighted by molar-refractivity contribution is -0.111. The summed E-state index contributed by atoms with van der Waals surface area (Å²) in [6.07, 6.45) is 10.8. The van der Waals surface area contributed by atoms with Crippen LogP contribution in [0.4, 0.5) is 0 Å². The first kappa shape index (κ1) is 20.3. The normalized spacial score (nSPS) is 15.6. The monoisotopic (exact) mass is 302 g/mol. The molecule has 1 atom stereocenters. The maximum atomic E-state index is 12.2. The molecule has 0 amide bonds. The number of nitrogens with zero attached hydrogens (tertiary/aromatic N) is 1. The zero-order valence-corrected chi connectivity index (χ0v) is 14.7. The number of rotatable bonds is 10. The van der Waals surface area contributed by atoms with Crippen LogP contribution >= 0.6 is 0 Å². The SMILES string of the molecule is C/C=C\C(C)(CCC)C/C(CNC)=C(\C)C(=O)/C=C\CC#N. The molecule has 22 heavy (non-hydrogen) atoms. The van der Waals surface area contributed by atoms with Gasteiger partial charge >= 0.3 is 0 Å². The average Bonchev–Trinajstić information content (AvgIpc) is 2.46. The Balaban J connectivity index is 5.37. The molecule has 122 valence electrons. The van der Waals surface area contributed by atoms with Gasteiger partial charge in [-0.05, 0) is 56.4 Å². The molecule has 0 aromatic carbocycles. The fraction of sp³-hybridized carbons (Fsp3) is 0.579. The van der Waals surface area contributed by atoms with Crippen molar-refractivity contribution in [2.24, 2.45) is 5.41 Å². The van der Waals surface area contributed by atoms with Crippen LogP contribution in [0.15, 0.2) is 35.5 Å². The molecule has 0 bridgehead atoms. The summed E-state index contributed by atoms with van der Waals surface area (Å²) >= 11 is 0. The van der Waals surface area contributed by atoms with Gasteiger partial charge in [0.1, 0.15) is 0 Å². The average molecular weight is 302 g/mol. The lowest BCUT2D eigenvalue weighted by Crippen LogP contribution is -2.21. The molecular weight excluding hydrogens is 272 g/mol. The molecule has 1 unspecified atom stereocenters. The van der Waals surface area contributed by atoms with Crippen molar-refractivity contribution >= 4 is 5.78 Å². The van der Waals surface area contributed by atoms with Crippen molar-refractivity contribution in [1.82, 2.24) is 5.32 Å². The maximum absolute atomic E-state index is 12.2. The summed E-state index contributed by atoms with van der Waals surface area (Å²) in [7, 11) is 1.90. The van der Waals surface area contributed by atoms with E-state index >= 15 is 0 Å². The zero-order chi connectivity index (χ0) is 17.0. The van der Waals surface area contributed by atoms with Gasteiger partial charge in [-0.25, -0.2) is 0 Å². The summed E-state index contributed by atoms with van der Waals surface area (Å²) < 4.78 is 0. The van der Waals surface area contributed by atoms with Gasteiger partial charge in [0.05, 0.1) is 12.5 Å². The van der Waals surface area contributed by atoms with E-state index in [2.05, 4.69) is 31.3 Å². The molecule has 0 fully saturated rings. The molecule has 3 heteroatoms. The highest BCUT2D eigenvalue weighted by Crippen LogP contribution is 2.34. The molecule has 0 rings (SSSR count). The van der Waals surface area contributed by atoms with Crippen molar-refractivity contribution in [2.75, 3.05) is 13.6 Å². The van der Waals surface area contributed by atoms with Crippen LogP contribution in [0.25, 0.3) is 0 Å². The number of carbonyl (C=O) groups excluding carboxylic acids is 1. The highest BCUT2D eigenvalue weighted by molar-refractivity contribution is 6.04. The molecule has 0 aliphatic heterocycles. The van der Waals surface area contributed by atoms with E-state index in [0.717, 1.165) is 30.4 Å². The van der Waals surface area contributed by atoms with Crippen LogP contribution in [0.3, 0.4) is 0 Å². The molecule has 0 spiro atoms. The van der Waals surface area contributed by atoms with E-state index in [1.54, 1.807) is 6.08 Å². The smallest absolute Gasteiger partial charge is 0.181 e. The Morgan fingerprint density at radius 2 is 2.09 bits per heavy atom. The molecule has 0 saturated carbocycles. The van der Waals surface area contributed by atoms with E-state index in [1.807, 2.05) is 27.0 Å². The minimum Gasteiger partial charge on any atom is -0.316 e. The van der Waals surface area contributed by atoms with E-state index in [9.17, 15) is 4.79 Å². The topological polar surface area (TPSA) is 52.9 Å². The lowest BCUT2D eigenvalue weighted by Gasteiger charge is -2.28. The molecular formula is C19H30N2O. The number of nitrogens with one attached hydrogen (secondary N) is 1. The summed E-state index contributed by atoms with van der Waals surface area (Å²) in [4.78, 5) is 12.2. The highest BCUT2D eigenvalue weighted by Gasteiger charge is 2.23. The van der Waals surface area contributed by atoms with Gasteiger partial charge < -0.3 is 5.32 Å². The van der Waals surface area contributed by atoms with Crippen LogP contribution in [0.1, 0.15) is 53.4 Å². The molecule has 0 aliphatic carbocycles. The van der Waals surface area contributed by atoms with E-state index in [-0.39, 0.29) is 17.6 Å². The Bertz CT molecular complexity index is 480. The molecule has 0 heterocycles. The van der Waals surface area contributed by atoms with Gasteiger partial charge in [-0.2, -0.15) is 5.26 Å². The van der Waals surface area contributed by atoms with Crippen molar-refractivity contribution in [3.63, 3.8) is 0 Å². The number of ketones is 1. The van der Waals surface area contributed by atoms with Gasteiger partial charge in [0.25, 0.3) is 0 Å². The van der Waals surface area contributed by atoms with Crippen LogP contribution in [0.2, 0.25) is 0 Å². The lowest BCUT2D eigenvalue weighted by atomic mass is 9.78. The molecule has 0 saturated heterocycles. The second-order valence-corrected chi connectivity index (χ2v) is 5.97. The molecule has 3 nitrogen and oxygen atoms in total. The number of hydrogen-bond acceptors (Lipinski definition) is 3. The van der Waals surface area contributed by atoms with Crippen LogP contribution in [0, 0.1) is 16.7 Å². The van der Waals surface area contributed by atoms with Crippen molar-refractivity contribution < 1.29 is 4.79 Å². The van der Waals surface area contributed by atoms with Gasteiger partial charge in [0, 0.05) is 6.54 Å². The first-order valence-electron chi connectivity index (χ1n) is 7.99. The Hall–Kier alpha value is -1.66. The van der Waals surface area contributed by atoms with Gasteiger partial charge in [-0.3, -0.25) is 4.79 Å². The summed E-state index contributed by atoms with van der Waals surface area (Å²) in [5, 5.41) is 11.7. The van der Waals surface area contributed by atoms with Crippen LogP contribution in [0.5, 0.6) is 0 Å². The van der Waals surface area contributed by atoms with Gasteiger partial charge in [-0.15, -0.1) is 0 Å². The van der Waals surface area contributed by atoms with Crippen LogP contribution < -0.4 is 5.32 Å². The molecule has 0 radical (unpaired) electrons. The second kappa shape index (κ2) is 11.0. The third kappa shape index (κ3) is 7.38. The van der Waals surface area contributed by atoms with Crippen molar-refractivity contribution in [1.29, 1.82) is 5.26 Å².